The van der Waals surface area contributed by atoms with Crippen LogP contribution in [0.5, 0.6) is 5.75 Å². The van der Waals surface area contributed by atoms with E-state index in [9.17, 15) is 5.11 Å². The van der Waals surface area contributed by atoms with E-state index in [-0.39, 0.29) is 5.75 Å². The highest BCUT2D eigenvalue weighted by molar-refractivity contribution is 6.42. The van der Waals surface area contributed by atoms with Crippen LogP contribution in [0.25, 0.3) is 22.3 Å². The number of nitrogens with one attached hydrogen (secondary N) is 1. The lowest BCUT2D eigenvalue weighted by Gasteiger charge is -2.07. The number of hydrogen-bond acceptors (Lipinski definition) is 4. The van der Waals surface area contributed by atoms with Crippen molar-refractivity contribution in [3.63, 3.8) is 0 Å². The van der Waals surface area contributed by atoms with Gasteiger partial charge in [-0.3, -0.25) is 0 Å². The average Bonchev–Trinajstić information content (AvgIpc) is 2.97. The van der Waals surface area contributed by atoms with Crippen LogP contribution in [0.4, 0.5) is 11.5 Å². The Hall–Kier alpha value is -2.76. The van der Waals surface area contributed by atoms with Gasteiger partial charge in [0.25, 0.3) is 0 Å². The van der Waals surface area contributed by atoms with Gasteiger partial charge in [-0.05, 0) is 54.1 Å². The van der Waals surface area contributed by atoms with Crippen LogP contribution >= 0.6 is 23.2 Å². The van der Waals surface area contributed by atoms with Gasteiger partial charge in [0.1, 0.15) is 23.5 Å². The molecule has 0 bridgehead atoms. The number of aromatic hydroxyl groups is 1. The lowest BCUT2D eigenvalue weighted by Crippen LogP contribution is -1.97. The average molecular weight is 385 g/mol. The van der Waals surface area contributed by atoms with Crippen molar-refractivity contribution in [1.29, 1.82) is 0 Å². The van der Waals surface area contributed by atoms with Gasteiger partial charge in [0.05, 0.1) is 21.1 Å². The van der Waals surface area contributed by atoms with Crippen LogP contribution in [0.2, 0.25) is 10.0 Å². The van der Waals surface area contributed by atoms with Gasteiger partial charge >= 0.3 is 0 Å². The molecule has 7 heteroatoms. The van der Waals surface area contributed by atoms with Gasteiger partial charge in [0, 0.05) is 12.7 Å². The summed E-state index contributed by atoms with van der Waals surface area (Å²) in [7, 11) is 1.94. The van der Waals surface area contributed by atoms with E-state index < -0.39 is 0 Å². The number of fused-ring (bicyclic) bond motifs is 1. The van der Waals surface area contributed by atoms with Crippen molar-refractivity contribution in [2.24, 2.45) is 7.05 Å². The van der Waals surface area contributed by atoms with Gasteiger partial charge in [-0.1, -0.05) is 23.2 Å². The van der Waals surface area contributed by atoms with Crippen molar-refractivity contribution in [1.82, 2.24) is 14.5 Å². The number of anilines is 2. The molecule has 2 aromatic carbocycles. The number of hydrogen-bond donors (Lipinski definition) is 2. The molecule has 0 radical (unpaired) electrons. The molecule has 4 aromatic rings. The van der Waals surface area contributed by atoms with Crippen molar-refractivity contribution in [3.8, 4) is 17.0 Å². The fourth-order valence-corrected chi connectivity index (χ4v) is 3.15. The summed E-state index contributed by atoms with van der Waals surface area (Å²) in [5, 5.41) is 14.6. The summed E-state index contributed by atoms with van der Waals surface area (Å²) >= 11 is 12.1. The van der Waals surface area contributed by atoms with E-state index in [2.05, 4.69) is 15.3 Å². The molecule has 130 valence electrons. The fourth-order valence-electron chi connectivity index (χ4n) is 2.85. The zero-order chi connectivity index (χ0) is 18.3. The van der Waals surface area contributed by atoms with Crippen molar-refractivity contribution >= 4 is 45.7 Å². The number of phenolic OH excluding ortho intramolecular Hbond substituents is 1. The van der Waals surface area contributed by atoms with Crippen LogP contribution in [0.1, 0.15) is 0 Å². The molecule has 4 rings (SSSR count). The third-order valence-electron chi connectivity index (χ3n) is 4.17. The molecule has 2 aromatic heterocycles. The molecule has 0 fully saturated rings. The molecule has 0 atom stereocenters. The highest BCUT2D eigenvalue weighted by atomic mass is 35.5. The molecule has 0 saturated carbocycles. The molecule has 0 amide bonds. The lowest BCUT2D eigenvalue weighted by molar-refractivity contribution is 0.475. The Morgan fingerprint density at radius 3 is 2.46 bits per heavy atom. The molecule has 0 aliphatic carbocycles. The summed E-state index contributed by atoms with van der Waals surface area (Å²) < 4.78 is 1.99. The first-order valence-corrected chi connectivity index (χ1v) is 8.60. The molecular formula is C19H14Cl2N4O. The highest BCUT2D eigenvalue weighted by Crippen LogP contribution is 2.32. The van der Waals surface area contributed by atoms with E-state index in [0.29, 0.717) is 15.9 Å². The summed E-state index contributed by atoms with van der Waals surface area (Å²) in [6.07, 6.45) is 1.52. The molecule has 5 nitrogen and oxygen atoms in total. The third kappa shape index (κ3) is 2.96. The van der Waals surface area contributed by atoms with Crippen molar-refractivity contribution < 1.29 is 5.11 Å². The number of halogens is 2. The number of aryl methyl sites for hydroxylation is 1. The third-order valence-corrected chi connectivity index (χ3v) is 4.91. The second-order valence-electron chi connectivity index (χ2n) is 5.85. The van der Waals surface area contributed by atoms with Crippen LogP contribution in [-0.4, -0.2) is 19.6 Å². The van der Waals surface area contributed by atoms with Crippen molar-refractivity contribution in [2.45, 2.75) is 0 Å². The second kappa shape index (κ2) is 6.52. The maximum Gasteiger partial charge on any atom is 0.145 e. The highest BCUT2D eigenvalue weighted by Gasteiger charge is 2.13. The maximum atomic E-state index is 9.50. The van der Waals surface area contributed by atoms with Gasteiger partial charge < -0.3 is 15.0 Å². The molecule has 0 aliphatic heterocycles. The maximum absolute atomic E-state index is 9.50. The Morgan fingerprint density at radius 2 is 1.73 bits per heavy atom. The molecule has 2 heterocycles. The first kappa shape index (κ1) is 16.7. The van der Waals surface area contributed by atoms with Crippen LogP contribution < -0.4 is 5.32 Å². The van der Waals surface area contributed by atoms with Gasteiger partial charge in [0.15, 0.2) is 0 Å². The van der Waals surface area contributed by atoms with E-state index >= 15 is 0 Å². The molecule has 0 saturated heterocycles. The smallest absolute Gasteiger partial charge is 0.145 e. The molecule has 0 aliphatic rings. The predicted octanol–water partition coefficient (Wildman–Crippen LogP) is 5.39. The summed E-state index contributed by atoms with van der Waals surface area (Å²) in [5.41, 5.74) is 3.53. The zero-order valence-corrected chi connectivity index (χ0v) is 15.3. The normalized spacial score (nSPS) is 11.0. The number of aromatic nitrogens is 3. The number of phenols is 1. The standard InChI is InChI=1S/C19H14Cl2N4O/c1-25-17(11-2-5-13(26)6-3-11)9-14-18(22-10-23-19(14)25)24-12-4-7-15(20)16(21)8-12/h2-10,26H,1H3,(H,22,23,24). The Labute approximate surface area is 159 Å². The van der Waals surface area contributed by atoms with Crippen LogP contribution in [-0.2, 0) is 7.05 Å². The minimum absolute atomic E-state index is 0.231. The lowest BCUT2D eigenvalue weighted by atomic mass is 10.1. The number of benzene rings is 2. The Bertz CT molecular complexity index is 1110. The Balaban J connectivity index is 1.80. The Kier molecular flexibility index (Phi) is 4.18. The first-order chi connectivity index (χ1) is 12.5. The van der Waals surface area contributed by atoms with E-state index in [4.69, 9.17) is 23.2 Å². The zero-order valence-electron chi connectivity index (χ0n) is 13.7. The van der Waals surface area contributed by atoms with Gasteiger partial charge in [-0.15, -0.1) is 0 Å². The molecule has 0 unspecified atom stereocenters. The first-order valence-electron chi connectivity index (χ1n) is 7.85. The van der Waals surface area contributed by atoms with Gasteiger partial charge in [-0.25, -0.2) is 9.97 Å². The van der Waals surface area contributed by atoms with Crippen LogP contribution in [0.15, 0.2) is 54.9 Å². The van der Waals surface area contributed by atoms with E-state index in [1.165, 1.54) is 6.33 Å². The summed E-state index contributed by atoms with van der Waals surface area (Å²) in [6, 6.07) is 14.4. The molecule has 0 spiro atoms. The van der Waals surface area contributed by atoms with Gasteiger partial charge in [-0.2, -0.15) is 0 Å². The molecule has 2 N–H and O–H groups in total. The summed E-state index contributed by atoms with van der Waals surface area (Å²) in [4.78, 5) is 8.76. The van der Waals surface area contributed by atoms with Crippen molar-refractivity contribution in [2.75, 3.05) is 5.32 Å². The second-order valence-corrected chi connectivity index (χ2v) is 6.66. The van der Waals surface area contributed by atoms with E-state index in [1.807, 2.05) is 35.9 Å². The Morgan fingerprint density at radius 1 is 0.962 bits per heavy atom. The summed E-state index contributed by atoms with van der Waals surface area (Å²) in [5.74, 6) is 0.906. The van der Waals surface area contributed by atoms with E-state index in [0.717, 1.165) is 28.0 Å². The van der Waals surface area contributed by atoms with Crippen LogP contribution in [0.3, 0.4) is 0 Å². The van der Waals surface area contributed by atoms with Crippen LogP contribution in [0, 0.1) is 0 Å². The monoisotopic (exact) mass is 384 g/mol. The van der Waals surface area contributed by atoms with E-state index in [1.54, 1.807) is 24.3 Å². The minimum Gasteiger partial charge on any atom is -0.508 e. The molecular weight excluding hydrogens is 371 g/mol. The SMILES string of the molecule is Cn1c(-c2ccc(O)cc2)cc2c(Nc3ccc(Cl)c(Cl)c3)ncnc21. The topological polar surface area (TPSA) is 63.0 Å². The predicted molar refractivity (Wildman–Crippen MR) is 105 cm³/mol. The molecule has 26 heavy (non-hydrogen) atoms. The van der Waals surface area contributed by atoms with Crippen molar-refractivity contribution in [3.05, 3.63) is 64.9 Å². The number of rotatable bonds is 3. The summed E-state index contributed by atoms with van der Waals surface area (Å²) in [6.45, 7) is 0. The largest absolute Gasteiger partial charge is 0.508 e. The quantitative estimate of drug-likeness (QED) is 0.496. The minimum atomic E-state index is 0.231. The number of nitrogens with zero attached hydrogens (tertiary/aromatic N) is 3. The fraction of sp³-hybridized carbons (Fsp3) is 0.0526. The van der Waals surface area contributed by atoms with Gasteiger partial charge in [0.2, 0.25) is 0 Å².